The van der Waals surface area contributed by atoms with E-state index in [1.54, 1.807) is 18.2 Å². The quantitative estimate of drug-likeness (QED) is 0.658. The fourth-order valence-corrected chi connectivity index (χ4v) is 2.16. The van der Waals surface area contributed by atoms with Crippen LogP contribution in [0.1, 0.15) is 15.9 Å². The van der Waals surface area contributed by atoms with Crippen molar-refractivity contribution < 1.29 is 14.8 Å². The molecule has 6 nitrogen and oxygen atoms in total. The number of aryl methyl sites for hydroxylation is 1. The monoisotopic (exact) mass is 306 g/mol. The molecule has 0 aliphatic rings. The molecule has 0 heterocycles. The van der Waals surface area contributed by atoms with Crippen molar-refractivity contribution >= 4 is 34.6 Å². The molecule has 108 valence electrons. The Morgan fingerprint density at radius 2 is 2.05 bits per heavy atom. The first-order valence-corrected chi connectivity index (χ1v) is 6.32. The molecular weight excluding hydrogens is 296 g/mol. The summed E-state index contributed by atoms with van der Waals surface area (Å²) in [5.41, 5.74) is 0.667. The first-order valence-electron chi connectivity index (χ1n) is 5.94. The summed E-state index contributed by atoms with van der Waals surface area (Å²) in [5.74, 6) is -1.33. The van der Waals surface area contributed by atoms with Gasteiger partial charge in [-0.15, -0.1) is 0 Å². The molecule has 2 rings (SSSR count). The topological polar surface area (TPSA) is 92.5 Å². The van der Waals surface area contributed by atoms with Crippen LogP contribution in [0.2, 0.25) is 5.02 Å². The highest BCUT2D eigenvalue weighted by molar-refractivity contribution is 6.34. The van der Waals surface area contributed by atoms with E-state index in [0.29, 0.717) is 5.69 Å². The van der Waals surface area contributed by atoms with Crippen molar-refractivity contribution in [3.05, 3.63) is 62.7 Å². The second-order valence-electron chi connectivity index (χ2n) is 4.37. The first kappa shape index (κ1) is 14.8. The molecule has 0 saturated heterocycles. The molecule has 21 heavy (non-hydrogen) atoms. The second kappa shape index (κ2) is 5.80. The van der Waals surface area contributed by atoms with Crippen LogP contribution in [0.4, 0.5) is 17.1 Å². The first-order chi connectivity index (χ1) is 9.90. The maximum absolute atomic E-state index is 11.3. The van der Waals surface area contributed by atoms with E-state index in [2.05, 4.69) is 5.32 Å². The number of nitrogens with one attached hydrogen (secondary N) is 1. The van der Waals surface area contributed by atoms with E-state index in [1.807, 2.05) is 13.0 Å². The Labute approximate surface area is 125 Å². The molecule has 2 aromatic rings. The van der Waals surface area contributed by atoms with Crippen LogP contribution in [0.5, 0.6) is 0 Å². The SMILES string of the molecule is Cc1cccc(Nc2c([N+](=O)[O-])ccc(Cl)c2C(=O)O)c1. The summed E-state index contributed by atoms with van der Waals surface area (Å²) in [7, 11) is 0. The number of carboxylic acid groups (broad SMARTS) is 1. The van der Waals surface area contributed by atoms with Crippen molar-refractivity contribution in [2.75, 3.05) is 5.32 Å². The number of nitrogens with zero attached hydrogens (tertiary/aromatic N) is 1. The number of halogens is 1. The third-order valence-electron chi connectivity index (χ3n) is 2.83. The van der Waals surface area contributed by atoms with Crippen LogP contribution in [0.25, 0.3) is 0 Å². The zero-order chi connectivity index (χ0) is 15.6. The number of hydrogen-bond acceptors (Lipinski definition) is 4. The number of benzene rings is 2. The summed E-state index contributed by atoms with van der Waals surface area (Å²) >= 11 is 5.86. The summed E-state index contributed by atoms with van der Waals surface area (Å²) < 4.78 is 0. The molecule has 0 aliphatic heterocycles. The summed E-state index contributed by atoms with van der Waals surface area (Å²) in [4.78, 5) is 21.8. The summed E-state index contributed by atoms with van der Waals surface area (Å²) in [6.07, 6.45) is 0. The molecule has 0 unspecified atom stereocenters. The molecular formula is C14H11ClN2O4. The number of anilines is 2. The lowest BCUT2D eigenvalue weighted by Gasteiger charge is -2.11. The third kappa shape index (κ3) is 3.11. The van der Waals surface area contributed by atoms with Crippen LogP contribution in [-0.2, 0) is 0 Å². The Morgan fingerprint density at radius 3 is 2.62 bits per heavy atom. The van der Waals surface area contributed by atoms with Gasteiger partial charge in [0.1, 0.15) is 11.3 Å². The van der Waals surface area contributed by atoms with E-state index in [0.717, 1.165) is 5.56 Å². The molecule has 0 saturated carbocycles. The van der Waals surface area contributed by atoms with Crippen molar-refractivity contribution in [2.45, 2.75) is 6.92 Å². The van der Waals surface area contributed by atoms with Gasteiger partial charge in [-0.3, -0.25) is 10.1 Å². The average Bonchev–Trinajstić information content (AvgIpc) is 2.37. The molecule has 0 aliphatic carbocycles. The van der Waals surface area contributed by atoms with Crippen LogP contribution in [-0.4, -0.2) is 16.0 Å². The van der Waals surface area contributed by atoms with Crippen LogP contribution in [0, 0.1) is 17.0 Å². The van der Waals surface area contributed by atoms with E-state index in [-0.39, 0.29) is 22.0 Å². The van der Waals surface area contributed by atoms with Crippen molar-refractivity contribution in [1.82, 2.24) is 0 Å². The lowest BCUT2D eigenvalue weighted by Crippen LogP contribution is -2.07. The third-order valence-corrected chi connectivity index (χ3v) is 3.15. The average molecular weight is 307 g/mol. The molecule has 0 spiro atoms. The highest BCUT2D eigenvalue weighted by Crippen LogP contribution is 2.35. The maximum Gasteiger partial charge on any atom is 0.339 e. The molecule has 0 fully saturated rings. The van der Waals surface area contributed by atoms with E-state index in [1.165, 1.54) is 12.1 Å². The zero-order valence-corrected chi connectivity index (χ0v) is 11.7. The Balaban J connectivity index is 2.61. The molecule has 0 radical (unpaired) electrons. The second-order valence-corrected chi connectivity index (χ2v) is 4.78. The van der Waals surface area contributed by atoms with Crippen LogP contribution < -0.4 is 5.32 Å². The van der Waals surface area contributed by atoms with Gasteiger partial charge in [-0.2, -0.15) is 0 Å². The molecule has 0 aromatic heterocycles. The van der Waals surface area contributed by atoms with Gasteiger partial charge in [0.25, 0.3) is 5.69 Å². The van der Waals surface area contributed by atoms with Crippen LogP contribution >= 0.6 is 11.6 Å². The Hall–Kier alpha value is -2.60. The van der Waals surface area contributed by atoms with E-state index < -0.39 is 10.9 Å². The van der Waals surface area contributed by atoms with E-state index in [9.17, 15) is 20.0 Å². The van der Waals surface area contributed by atoms with Crippen molar-refractivity contribution in [3.63, 3.8) is 0 Å². The minimum Gasteiger partial charge on any atom is -0.478 e. The van der Waals surface area contributed by atoms with Crippen molar-refractivity contribution in [2.24, 2.45) is 0 Å². The van der Waals surface area contributed by atoms with Gasteiger partial charge in [-0.25, -0.2) is 4.79 Å². The lowest BCUT2D eigenvalue weighted by molar-refractivity contribution is -0.383. The van der Waals surface area contributed by atoms with Gasteiger partial charge in [0.2, 0.25) is 0 Å². The van der Waals surface area contributed by atoms with Gasteiger partial charge >= 0.3 is 5.97 Å². The number of rotatable bonds is 4. The molecule has 7 heteroatoms. The molecule has 2 N–H and O–H groups in total. The van der Waals surface area contributed by atoms with Gasteiger partial charge in [-0.1, -0.05) is 23.7 Å². The maximum atomic E-state index is 11.3. The van der Waals surface area contributed by atoms with Crippen molar-refractivity contribution in [1.29, 1.82) is 0 Å². The molecule has 0 atom stereocenters. The van der Waals surface area contributed by atoms with Crippen molar-refractivity contribution in [3.8, 4) is 0 Å². The van der Waals surface area contributed by atoms with Gasteiger partial charge in [0, 0.05) is 11.8 Å². The standard InChI is InChI=1S/C14H11ClN2O4/c1-8-3-2-4-9(7-8)16-13-11(17(20)21)6-5-10(15)12(13)14(18)19/h2-7,16H,1H3,(H,18,19). The van der Waals surface area contributed by atoms with Gasteiger partial charge in [-0.05, 0) is 30.7 Å². The zero-order valence-electron chi connectivity index (χ0n) is 11.0. The lowest BCUT2D eigenvalue weighted by atomic mass is 10.1. The van der Waals surface area contributed by atoms with Gasteiger partial charge in [0.05, 0.1) is 9.95 Å². The predicted octanol–water partition coefficient (Wildman–Crippen LogP) is 4.00. The van der Waals surface area contributed by atoms with E-state index >= 15 is 0 Å². The normalized spacial score (nSPS) is 10.2. The number of carboxylic acids is 1. The predicted molar refractivity (Wildman–Crippen MR) is 79.5 cm³/mol. The summed E-state index contributed by atoms with van der Waals surface area (Å²) in [6, 6.07) is 9.42. The number of nitro benzene ring substituents is 1. The van der Waals surface area contributed by atoms with E-state index in [4.69, 9.17) is 11.6 Å². The highest BCUT2D eigenvalue weighted by atomic mass is 35.5. The fourth-order valence-electron chi connectivity index (χ4n) is 1.92. The Bertz CT molecular complexity index is 731. The number of hydrogen-bond donors (Lipinski definition) is 2. The minimum atomic E-state index is -1.33. The van der Waals surface area contributed by atoms with Crippen LogP contribution in [0.3, 0.4) is 0 Å². The molecule has 0 bridgehead atoms. The number of aromatic carboxylic acids is 1. The summed E-state index contributed by atoms with van der Waals surface area (Å²) in [5, 5.41) is 23.0. The molecule has 2 aromatic carbocycles. The largest absolute Gasteiger partial charge is 0.478 e. The van der Waals surface area contributed by atoms with Gasteiger partial charge in [0.15, 0.2) is 0 Å². The number of nitro groups is 1. The van der Waals surface area contributed by atoms with Crippen LogP contribution in [0.15, 0.2) is 36.4 Å². The Kier molecular flexibility index (Phi) is 4.09. The number of carbonyl (C=O) groups is 1. The Morgan fingerprint density at radius 1 is 1.33 bits per heavy atom. The fraction of sp³-hybridized carbons (Fsp3) is 0.0714. The summed E-state index contributed by atoms with van der Waals surface area (Å²) in [6.45, 7) is 1.86. The minimum absolute atomic E-state index is 0.0664. The smallest absolute Gasteiger partial charge is 0.339 e. The highest BCUT2D eigenvalue weighted by Gasteiger charge is 2.24. The molecule has 0 amide bonds. The van der Waals surface area contributed by atoms with Gasteiger partial charge < -0.3 is 10.4 Å².